The third-order valence-corrected chi connectivity index (χ3v) is 5.66. The third-order valence-electron chi connectivity index (χ3n) is 3.75. The van der Waals surface area contributed by atoms with Gasteiger partial charge in [0.25, 0.3) is 0 Å². The molecule has 0 unspecified atom stereocenters. The maximum atomic E-state index is 12.5. The van der Waals surface area contributed by atoms with Crippen LogP contribution in [0.3, 0.4) is 0 Å². The van der Waals surface area contributed by atoms with Crippen LogP contribution in [0.25, 0.3) is 0 Å². The van der Waals surface area contributed by atoms with E-state index < -0.39 is 10.0 Å². The van der Waals surface area contributed by atoms with Crippen LogP contribution in [-0.2, 0) is 16.4 Å². The van der Waals surface area contributed by atoms with Crippen molar-refractivity contribution in [2.75, 3.05) is 32.7 Å². The molecule has 0 radical (unpaired) electrons. The van der Waals surface area contributed by atoms with Crippen LogP contribution >= 0.6 is 0 Å². The topological polar surface area (TPSA) is 40.6 Å². The van der Waals surface area contributed by atoms with Crippen LogP contribution in [0.1, 0.15) is 19.4 Å². The molecule has 0 atom stereocenters. The lowest BCUT2D eigenvalue weighted by molar-refractivity contribution is 0.196. The van der Waals surface area contributed by atoms with E-state index in [0.29, 0.717) is 18.0 Å². The van der Waals surface area contributed by atoms with Crippen molar-refractivity contribution in [3.63, 3.8) is 0 Å². The molecule has 0 amide bonds. The number of piperazine rings is 1. The highest BCUT2D eigenvalue weighted by atomic mass is 32.2. The molecule has 1 aliphatic heterocycles. The van der Waals surface area contributed by atoms with Gasteiger partial charge >= 0.3 is 0 Å². The molecule has 0 saturated carbocycles. The Kier molecular flexibility index (Phi) is 4.60. The fraction of sp³-hybridized carbons (Fsp3) is 0.571. The molecule has 0 spiro atoms. The van der Waals surface area contributed by atoms with E-state index in [1.54, 1.807) is 16.4 Å². The van der Waals surface area contributed by atoms with Gasteiger partial charge < -0.3 is 4.90 Å². The van der Waals surface area contributed by atoms with E-state index >= 15 is 0 Å². The summed E-state index contributed by atoms with van der Waals surface area (Å²) in [5.41, 5.74) is 1.16. The van der Waals surface area contributed by atoms with Gasteiger partial charge in [0.1, 0.15) is 0 Å². The lowest BCUT2D eigenvalue weighted by atomic mass is 10.2. The van der Waals surface area contributed by atoms with Gasteiger partial charge in [-0.25, -0.2) is 8.42 Å². The molecule has 0 bridgehead atoms. The standard InChI is InChI=1S/C14H22N2O2S/c1-3-13-5-7-14(8-6-13)19(17,18)16-11-9-15(4-2)10-12-16/h5-8H,3-4,9-12H2,1-2H3. The Morgan fingerprint density at radius 3 is 2.05 bits per heavy atom. The molecule has 1 fully saturated rings. The van der Waals surface area contributed by atoms with Gasteiger partial charge in [-0.1, -0.05) is 26.0 Å². The van der Waals surface area contributed by atoms with Gasteiger partial charge in [-0.2, -0.15) is 4.31 Å². The minimum Gasteiger partial charge on any atom is -0.301 e. The maximum Gasteiger partial charge on any atom is 0.243 e. The highest BCUT2D eigenvalue weighted by Gasteiger charge is 2.27. The van der Waals surface area contributed by atoms with Gasteiger partial charge in [0.05, 0.1) is 4.90 Å². The Hall–Kier alpha value is -0.910. The molecule has 1 aliphatic rings. The van der Waals surface area contributed by atoms with E-state index in [-0.39, 0.29) is 0 Å². The van der Waals surface area contributed by atoms with Gasteiger partial charge in [0.2, 0.25) is 10.0 Å². The van der Waals surface area contributed by atoms with Gasteiger partial charge in [-0.05, 0) is 30.7 Å². The van der Waals surface area contributed by atoms with Crippen LogP contribution in [0.2, 0.25) is 0 Å². The molecule has 0 N–H and O–H groups in total. The molecule has 1 aromatic rings. The van der Waals surface area contributed by atoms with E-state index in [0.717, 1.165) is 31.6 Å². The molecule has 1 saturated heterocycles. The van der Waals surface area contributed by atoms with Crippen LogP contribution in [0.5, 0.6) is 0 Å². The zero-order valence-corrected chi connectivity index (χ0v) is 12.5. The number of benzene rings is 1. The number of sulfonamides is 1. The Morgan fingerprint density at radius 1 is 1.00 bits per heavy atom. The summed E-state index contributed by atoms with van der Waals surface area (Å²) in [6.45, 7) is 7.98. The molecule has 0 aromatic heterocycles. The molecular weight excluding hydrogens is 260 g/mol. The summed E-state index contributed by atoms with van der Waals surface area (Å²) in [4.78, 5) is 2.68. The van der Waals surface area contributed by atoms with E-state index in [2.05, 4.69) is 18.7 Å². The van der Waals surface area contributed by atoms with E-state index in [9.17, 15) is 8.42 Å². The smallest absolute Gasteiger partial charge is 0.243 e. The maximum absolute atomic E-state index is 12.5. The zero-order chi connectivity index (χ0) is 13.9. The first-order chi connectivity index (χ1) is 9.07. The fourth-order valence-electron chi connectivity index (χ4n) is 2.33. The van der Waals surface area contributed by atoms with Crippen LogP contribution in [0, 0.1) is 0 Å². The first-order valence-corrected chi connectivity index (χ1v) is 8.33. The van der Waals surface area contributed by atoms with Crippen molar-refractivity contribution in [1.29, 1.82) is 0 Å². The Balaban J connectivity index is 2.13. The van der Waals surface area contributed by atoms with E-state index in [1.807, 2.05) is 12.1 Å². The first kappa shape index (κ1) is 14.5. The molecule has 5 heteroatoms. The second-order valence-electron chi connectivity index (χ2n) is 4.84. The van der Waals surface area contributed by atoms with Crippen molar-refractivity contribution in [1.82, 2.24) is 9.21 Å². The SMILES string of the molecule is CCc1ccc(S(=O)(=O)N2CCN(CC)CC2)cc1. The fourth-order valence-corrected chi connectivity index (χ4v) is 3.75. The minimum absolute atomic E-state index is 0.412. The Bertz CT molecular complexity index is 503. The average molecular weight is 282 g/mol. The molecule has 1 heterocycles. The first-order valence-electron chi connectivity index (χ1n) is 6.89. The van der Waals surface area contributed by atoms with Crippen molar-refractivity contribution in [3.8, 4) is 0 Å². The predicted molar refractivity (Wildman–Crippen MR) is 76.7 cm³/mol. The van der Waals surface area contributed by atoms with E-state index in [1.165, 1.54) is 0 Å². The Morgan fingerprint density at radius 2 is 1.58 bits per heavy atom. The van der Waals surface area contributed by atoms with Crippen molar-refractivity contribution in [3.05, 3.63) is 29.8 Å². The number of likely N-dealkylation sites (N-methyl/N-ethyl adjacent to an activating group) is 1. The van der Waals surface area contributed by atoms with Gasteiger partial charge in [-0.15, -0.1) is 0 Å². The quantitative estimate of drug-likeness (QED) is 0.842. The zero-order valence-electron chi connectivity index (χ0n) is 11.7. The lowest BCUT2D eigenvalue weighted by Gasteiger charge is -2.33. The molecule has 19 heavy (non-hydrogen) atoms. The lowest BCUT2D eigenvalue weighted by Crippen LogP contribution is -2.48. The molecule has 2 rings (SSSR count). The number of hydrogen-bond acceptors (Lipinski definition) is 3. The normalized spacial score (nSPS) is 18.6. The summed E-state index contributed by atoms with van der Waals surface area (Å²) >= 11 is 0. The Labute approximate surface area is 116 Å². The van der Waals surface area contributed by atoms with Crippen molar-refractivity contribution in [2.24, 2.45) is 0 Å². The van der Waals surface area contributed by atoms with Crippen LogP contribution in [-0.4, -0.2) is 50.3 Å². The van der Waals surface area contributed by atoms with Gasteiger partial charge in [0, 0.05) is 26.2 Å². The van der Waals surface area contributed by atoms with Crippen molar-refractivity contribution >= 4 is 10.0 Å². The summed E-state index contributed by atoms with van der Waals surface area (Å²) in [7, 11) is -3.31. The minimum atomic E-state index is -3.31. The monoisotopic (exact) mass is 282 g/mol. The largest absolute Gasteiger partial charge is 0.301 e. The number of rotatable bonds is 4. The number of nitrogens with zero attached hydrogens (tertiary/aromatic N) is 2. The summed E-state index contributed by atoms with van der Waals surface area (Å²) < 4.78 is 26.6. The molecule has 0 aliphatic carbocycles. The summed E-state index contributed by atoms with van der Waals surface area (Å²) in [6.07, 6.45) is 0.926. The van der Waals surface area contributed by atoms with Crippen LogP contribution in [0.15, 0.2) is 29.2 Å². The van der Waals surface area contributed by atoms with Gasteiger partial charge in [0.15, 0.2) is 0 Å². The van der Waals surface area contributed by atoms with Gasteiger partial charge in [-0.3, -0.25) is 0 Å². The summed E-state index contributed by atoms with van der Waals surface area (Å²) in [5.74, 6) is 0. The number of aryl methyl sites for hydroxylation is 1. The number of hydrogen-bond donors (Lipinski definition) is 0. The predicted octanol–water partition coefficient (Wildman–Crippen LogP) is 1.58. The molecule has 4 nitrogen and oxygen atoms in total. The summed E-state index contributed by atoms with van der Waals surface area (Å²) in [6, 6.07) is 7.24. The van der Waals surface area contributed by atoms with Crippen LogP contribution < -0.4 is 0 Å². The molecule has 106 valence electrons. The second kappa shape index (κ2) is 6.03. The molecular formula is C14H22N2O2S. The summed E-state index contributed by atoms with van der Waals surface area (Å²) in [5, 5.41) is 0. The third kappa shape index (κ3) is 3.16. The molecule has 1 aromatic carbocycles. The van der Waals surface area contributed by atoms with Crippen LogP contribution in [0.4, 0.5) is 0 Å². The van der Waals surface area contributed by atoms with E-state index in [4.69, 9.17) is 0 Å². The second-order valence-corrected chi connectivity index (χ2v) is 6.77. The van der Waals surface area contributed by atoms with Crippen molar-refractivity contribution < 1.29 is 8.42 Å². The highest BCUT2D eigenvalue weighted by molar-refractivity contribution is 7.89. The average Bonchev–Trinajstić information content (AvgIpc) is 2.47. The highest BCUT2D eigenvalue weighted by Crippen LogP contribution is 2.18. The van der Waals surface area contributed by atoms with Crippen molar-refractivity contribution in [2.45, 2.75) is 25.2 Å².